The standard InChI is InChI=1S/C23H20N6O7S3/c1-35-28-15(13-9-38-22(24)26-13)18(31)27-16-19(32)29-17(21(33)34)11(7-37-20(16)29)8-39-23-25-6-14(36-23)10-2-4-12(30)5-3-10/h2-6,9,16,20,30H,7-8H2,1H3,(H2,24,26)(H,27,31)(H,33,34)/t16-,20-/m1/s1. The zero-order valence-corrected chi connectivity index (χ0v) is 22.5. The maximum atomic E-state index is 13.0. The molecular weight excluding hydrogens is 568 g/mol. The monoisotopic (exact) mass is 588 g/mol. The van der Waals surface area contributed by atoms with Gasteiger partial charge in [0.15, 0.2) is 16.6 Å². The number of amides is 2. The number of fused-ring (bicyclic) bond motifs is 1. The predicted molar refractivity (Wildman–Crippen MR) is 144 cm³/mol. The van der Waals surface area contributed by atoms with E-state index in [9.17, 15) is 24.6 Å². The van der Waals surface area contributed by atoms with Gasteiger partial charge in [-0.15, -0.1) is 23.1 Å². The summed E-state index contributed by atoms with van der Waals surface area (Å²) in [5, 5.41) is 27.2. The summed E-state index contributed by atoms with van der Waals surface area (Å²) < 4.78 is 5.75. The summed E-state index contributed by atoms with van der Waals surface area (Å²) >= 11 is 3.65. The quantitative estimate of drug-likeness (QED) is 0.123. The van der Waals surface area contributed by atoms with Gasteiger partial charge >= 0.3 is 5.97 Å². The number of carbonyl (C=O) groups excluding carboxylic acids is 2. The summed E-state index contributed by atoms with van der Waals surface area (Å²) in [5.74, 6) is -1.32. The number of β-lactam (4-membered cyclic amide) rings is 1. The third-order valence-electron chi connectivity index (χ3n) is 5.70. The Labute approximate surface area is 233 Å². The number of aromatic nitrogens is 2. The second kappa shape index (κ2) is 11.0. The number of aliphatic carboxylic acids is 1. The fraction of sp³-hybridized carbons (Fsp3) is 0.217. The van der Waals surface area contributed by atoms with Gasteiger partial charge in [-0.2, -0.15) is 0 Å². The summed E-state index contributed by atoms with van der Waals surface area (Å²) in [6, 6.07) is 5.49. The van der Waals surface area contributed by atoms with Crippen LogP contribution in [0.2, 0.25) is 0 Å². The van der Waals surface area contributed by atoms with Crippen molar-refractivity contribution in [2.45, 2.75) is 16.6 Å². The molecule has 39 heavy (non-hydrogen) atoms. The zero-order valence-electron chi connectivity index (χ0n) is 20.1. The van der Waals surface area contributed by atoms with E-state index >= 15 is 0 Å². The molecule has 5 N–H and O–H groups in total. The van der Waals surface area contributed by atoms with Gasteiger partial charge in [-0.25, -0.2) is 14.8 Å². The van der Waals surface area contributed by atoms with Crippen molar-refractivity contribution in [1.29, 1.82) is 0 Å². The molecule has 13 nitrogen and oxygen atoms in total. The molecule has 2 atom stereocenters. The van der Waals surface area contributed by atoms with Crippen LogP contribution in [0.3, 0.4) is 0 Å². The SMILES string of the molecule is CON=C(C(=O)N[C@@H]1C(=O)N2C(C(=O)O)=C(CSc3ncc(-c4ccc(O)cc4)o3)CS[C@H]12)c1csc(N)n1. The van der Waals surface area contributed by atoms with Crippen LogP contribution in [0.1, 0.15) is 5.69 Å². The zero-order chi connectivity index (χ0) is 27.7. The van der Waals surface area contributed by atoms with Gasteiger partial charge in [-0.1, -0.05) is 16.9 Å². The summed E-state index contributed by atoms with van der Waals surface area (Å²) in [4.78, 5) is 52.3. The Kier molecular flexibility index (Phi) is 7.49. The average Bonchev–Trinajstić information content (AvgIpc) is 3.57. The highest BCUT2D eigenvalue weighted by atomic mass is 32.2. The smallest absolute Gasteiger partial charge is 0.352 e. The molecule has 0 radical (unpaired) electrons. The van der Waals surface area contributed by atoms with Crippen LogP contribution in [0.5, 0.6) is 5.75 Å². The second-order valence-corrected chi connectivity index (χ2v) is 11.1. The number of benzene rings is 1. The molecule has 0 unspecified atom stereocenters. The minimum Gasteiger partial charge on any atom is -0.508 e. The van der Waals surface area contributed by atoms with E-state index in [1.54, 1.807) is 18.3 Å². The normalized spacial score (nSPS) is 18.9. The number of carbonyl (C=O) groups is 3. The van der Waals surface area contributed by atoms with E-state index in [1.165, 1.54) is 53.0 Å². The number of thiazole rings is 1. The minimum absolute atomic E-state index is 0.120. The lowest BCUT2D eigenvalue weighted by molar-refractivity contribution is -0.150. The number of thioether (sulfide) groups is 2. The van der Waals surface area contributed by atoms with E-state index in [4.69, 9.17) is 15.0 Å². The number of carboxylic acid groups (broad SMARTS) is 1. The highest BCUT2D eigenvalue weighted by molar-refractivity contribution is 8.01. The number of anilines is 1. The highest BCUT2D eigenvalue weighted by Crippen LogP contribution is 2.41. The first-order chi connectivity index (χ1) is 18.8. The van der Waals surface area contributed by atoms with Crippen LogP contribution in [0.15, 0.2) is 61.9 Å². The van der Waals surface area contributed by atoms with Gasteiger partial charge in [0, 0.05) is 22.4 Å². The molecule has 0 aliphatic carbocycles. The van der Waals surface area contributed by atoms with Gasteiger partial charge in [0.2, 0.25) is 0 Å². The van der Waals surface area contributed by atoms with Crippen molar-refractivity contribution < 1.29 is 33.9 Å². The van der Waals surface area contributed by atoms with Gasteiger partial charge in [0.25, 0.3) is 17.0 Å². The maximum Gasteiger partial charge on any atom is 0.352 e. The predicted octanol–water partition coefficient (Wildman–Crippen LogP) is 1.97. The molecule has 0 spiro atoms. The Morgan fingerprint density at radius 3 is 2.79 bits per heavy atom. The number of rotatable bonds is 9. The molecule has 0 saturated carbocycles. The molecule has 1 fully saturated rings. The molecule has 1 saturated heterocycles. The summed E-state index contributed by atoms with van der Waals surface area (Å²) in [5.41, 5.74) is 6.82. The van der Waals surface area contributed by atoms with E-state index < -0.39 is 29.2 Å². The average molecular weight is 589 g/mol. The number of phenols is 1. The number of nitrogens with one attached hydrogen (secondary N) is 1. The highest BCUT2D eigenvalue weighted by Gasteiger charge is 2.54. The van der Waals surface area contributed by atoms with Gasteiger partial charge < -0.3 is 30.5 Å². The van der Waals surface area contributed by atoms with Crippen molar-refractivity contribution in [1.82, 2.24) is 20.2 Å². The molecule has 4 heterocycles. The third kappa shape index (κ3) is 5.30. The van der Waals surface area contributed by atoms with Crippen molar-refractivity contribution in [3.8, 4) is 17.1 Å². The molecular formula is C23H20N6O7S3. The topological polar surface area (TPSA) is 193 Å². The van der Waals surface area contributed by atoms with Gasteiger partial charge in [-0.3, -0.25) is 14.5 Å². The van der Waals surface area contributed by atoms with Crippen LogP contribution in [-0.2, 0) is 19.2 Å². The van der Waals surface area contributed by atoms with Crippen molar-refractivity contribution >= 4 is 63.5 Å². The first-order valence-corrected chi connectivity index (χ1v) is 14.1. The molecule has 3 aromatic rings. The molecule has 2 aliphatic heterocycles. The lowest BCUT2D eigenvalue weighted by atomic mass is 10.0. The number of carboxylic acids is 1. The Balaban J connectivity index is 1.27. The van der Waals surface area contributed by atoms with Crippen molar-refractivity contribution in [3.05, 3.63) is 52.8 Å². The molecule has 5 rings (SSSR count). The number of phenolic OH excluding ortho intramolecular Hbond substituents is 1. The molecule has 1 aromatic carbocycles. The first-order valence-electron chi connectivity index (χ1n) is 11.2. The molecule has 0 bridgehead atoms. The van der Waals surface area contributed by atoms with Crippen LogP contribution < -0.4 is 11.1 Å². The Hall–Kier alpha value is -4.02. The summed E-state index contributed by atoms with van der Waals surface area (Å²) in [6.45, 7) is 0. The Bertz CT molecular complexity index is 1500. The Morgan fingerprint density at radius 1 is 1.36 bits per heavy atom. The number of nitrogens with two attached hydrogens (primary N) is 1. The summed E-state index contributed by atoms with van der Waals surface area (Å²) in [7, 11) is 1.27. The van der Waals surface area contributed by atoms with Gasteiger partial charge in [-0.05, 0) is 29.8 Å². The van der Waals surface area contributed by atoms with Gasteiger partial charge in [0.1, 0.15) is 35.7 Å². The van der Waals surface area contributed by atoms with Crippen LogP contribution in [0.25, 0.3) is 11.3 Å². The maximum absolute atomic E-state index is 13.0. The van der Waals surface area contributed by atoms with Crippen LogP contribution in [0.4, 0.5) is 5.13 Å². The van der Waals surface area contributed by atoms with E-state index in [0.717, 1.165) is 16.9 Å². The van der Waals surface area contributed by atoms with E-state index in [1.807, 2.05) is 0 Å². The molecule has 16 heteroatoms. The lowest BCUT2D eigenvalue weighted by Crippen LogP contribution is -2.71. The largest absolute Gasteiger partial charge is 0.508 e. The minimum atomic E-state index is -1.24. The third-order valence-corrected chi connectivity index (χ3v) is 8.65. The van der Waals surface area contributed by atoms with Crippen LogP contribution in [-0.4, -0.2) is 78.6 Å². The van der Waals surface area contributed by atoms with E-state index in [0.29, 0.717) is 22.3 Å². The number of oxazole rings is 1. The van der Waals surface area contributed by atoms with Crippen molar-refractivity contribution in [2.75, 3.05) is 24.3 Å². The number of hydrogen-bond donors (Lipinski definition) is 4. The van der Waals surface area contributed by atoms with Crippen molar-refractivity contribution in [2.24, 2.45) is 5.16 Å². The fourth-order valence-electron chi connectivity index (χ4n) is 3.93. The lowest BCUT2D eigenvalue weighted by Gasteiger charge is -2.49. The van der Waals surface area contributed by atoms with E-state index in [2.05, 4.69) is 20.4 Å². The van der Waals surface area contributed by atoms with E-state index in [-0.39, 0.29) is 33.7 Å². The molecule has 2 aromatic heterocycles. The van der Waals surface area contributed by atoms with Crippen LogP contribution in [0, 0.1) is 0 Å². The second-order valence-electron chi connectivity index (χ2n) is 8.14. The number of aromatic hydroxyl groups is 1. The number of hydrogen-bond acceptors (Lipinski definition) is 13. The summed E-state index contributed by atoms with van der Waals surface area (Å²) in [6.07, 6.45) is 1.54. The molecule has 2 aliphatic rings. The number of nitrogens with zero attached hydrogens (tertiary/aromatic N) is 4. The number of nitrogen functional groups attached to an aromatic ring is 1. The fourth-order valence-corrected chi connectivity index (χ4v) is 6.76. The number of oxime groups is 1. The first kappa shape index (κ1) is 26.6. The molecule has 202 valence electrons. The van der Waals surface area contributed by atoms with Gasteiger partial charge in [0.05, 0.1) is 6.20 Å². The molecule has 2 amide bonds. The van der Waals surface area contributed by atoms with Crippen molar-refractivity contribution in [3.63, 3.8) is 0 Å². The Morgan fingerprint density at radius 2 is 2.13 bits per heavy atom. The van der Waals surface area contributed by atoms with Crippen LogP contribution >= 0.6 is 34.9 Å².